The Labute approximate surface area is 236 Å². The number of halogens is 1. The molecule has 0 bridgehead atoms. The van der Waals surface area contributed by atoms with E-state index in [-0.39, 0.29) is 15.7 Å². The van der Waals surface area contributed by atoms with Crippen molar-refractivity contribution in [2.45, 2.75) is 45.3 Å². The van der Waals surface area contributed by atoms with Crippen LogP contribution >= 0.6 is 22.6 Å². The largest absolute Gasteiger partial charge is 0.459 e. The van der Waals surface area contributed by atoms with Crippen LogP contribution in [0.15, 0.2) is 64.3 Å². The molecule has 11 nitrogen and oxygen atoms in total. The van der Waals surface area contributed by atoms with Crippen LogP contribution < -0.4 is 11.2 Å². The second-order valence-electron chi connectivity index (χ2n) is 8.98. The molecule has 4 rings (SSSR count). The quantitative estimate of drug-likeness (QED) is 0.233. The van der Waals surface area contributed by atoms with E-state index in [1.165, 1.54) is 6.20 Å². The molecular weight excluding hydrogens is 623 g/mol. The maximum Gasteiger partial charge on any atom is 0.338 e. The van der Waals surface area contributed by atoms with Gasteiger partial charge in [-0.05, 0) is 60.7 Å². The first-order chi connectivity index (χ1) is 18.5. The van der Waals surface area contributed by atoms with E-state index in [1.54, 1.807) is 71.1 Å². The second kappa shape index (κ2) is 11.9. The Hall–Kier alpha value is -3.78. The summed E-state index contributed by atoms with van der Waals surface area (Å²) < 4.78 is 23.9. The molecule has 2 aromatic carbocycles. The first kappa shape index (κ1) is 28.2. The second-order valence-corrected chi connectivity index (χ2v) is 10.1. The average Bonchev–Trinajstić information content (AvgIpc) is 3.21. The van der Waals surface area contributed by atoms with Gasteiger partial charge < -0.3 is 18.9 Å². The Morgan fingerprint density at radius 3 is 2.03 bits per heavy atom. The van der Waals surface area contributed by atoms with Crippen molar-refractivity contribution in [3.63, 3.8) is 0 Å². The van der Waals surface area contributed by atoms with Gasteiger partial charge in [-0.1, -0.05) is 35.4 Å². The van der Waals surface area contributed by atoms with E-state index in [4.69, 9.17) is 18.9 Å². The molecule has 1 aliphatic rings. The molecule has 1 saturated heterocycles. The minimum atomic E-state index is -1.31. The van der Waals surface area contributed by atoms with E-state index in [0.717, 1.165) is 22.6 Å². The molecule has 1 aromatic heterocycles. The van der Waals surface area contributed by atoms with Gasteiger partial charge in [0.05, 0.1) is 14.7 Å². The van der Waals surface area contributed by atoms with E-state index in [2.05, 4.69) is 4.98 Å². The van der Waals surface area contributed by atoms with Gasteiger partial charge in [0.25, 0.3) is 5.56 Å². The van der Waals surface area contributed by atoms with Crippen molar-refractivity contribution in [1.29, 1.82) is 0 Å². The minimum Gasteiger partial charge on any atom is -0.459 e. The first-order valence-corrected chi connectivity index (χ1v) is 13.0. The molecule has 1 N–H and O–H groups in total. The molecular formula is C27H25IN2O9. The predicted molar refractivity (Wildman–Crippen MR) is 145 cm³/mol. The molecule has 0 amide bonds. The summed E-state index contributed by atoms with van der Waals surface area (Å²) >= 11 is 1.74. The van der Waals surface area contributed by atoms with Crippen molar-refractivity contribution >= 4 is 40.5 Å². The van der Waals surface area contributed by atoms with Gasteiger partial charge >= 0.3 is 23.6 Å². The van der Waals surface area contributed by atoms with Gasteiger partial charge in [0.15, 0.2) is 18.4 Å². The summed E-state index contributed by atoms with van der Waals surface area (Å²) in [5, 5.41) is 0. The number of aryl methyl sites for hydroxylation is 2. The van der Waals surface area contributed by atoms with Gasteiger partial charge in [-0.2, -0.15) is 0 Å². The third-order valence-corrected chi connectivity index (χ3v) is 6.75. The average molecular weight is 648 g/mol. The Morgan fingerprint density at radius 2 is 1.46 bits per heavy atom. The number of nitrogens with one attached hydrogen (secondary N) is 1. The zero-order chi connectivity index (χ0) is 28.3. The van der Waals surface area contributed by atoms with E-state index >= 15 is 0 Å². The SMILES string of the molecule is CC(=O)O[C@H]1[C@H](OC(=O)c2ccc(C)cc2)[C@@H](COC(=O)c2ccc(C)cc2)O[C@H]1n1cc(I)c(=O)[nH]c1=O. The number of hydrogen-bond donors (Lipinski definition) is 1. The topological polar surface area (TPSA) is 143 Å². The minimum absolute atomic E-state index is 0.167. The van der Waals surface area contributed by atoms with E-state index in [9.17, 15) is 24.0 Å². The highest BCUT2D eigenvalue weighted by molar-refractivity contribution is 14.1. The Kier molecular flexibility index (Phi) is 8.65. The van der Waals surface area contributed by atoms with E-state index < -0.39 is 53.7 Å². The number of hydrogen-bond acceptors (Lipinski definition) is 9. The molecule has 0 aliphatic carbocycles. The third-order valence-electron chi connectivity index (χ3n) is 5.98. The number of rotatable bonds is 7. The molecule has 0 unspecified atom stereocenters. The zero-order valence-corrected chi connectivity index (χ0v) is 23.4. The van der Waals surface area contributed by atoms with Crippen molar-refractivity contribution in [1.82, 2.24) is 9.55 Å². The third kappa shape index (κ3) is 6.63. The predicted octanol–water partition coefficient (Wildman–Crippen LogP) is 2.67. The van der Waals surface area contributed by atoms with Crippen LogP contribution in [0.4, 0.5) is 0 Å². The number of H-pyrrole nitrogens is 1. The van der Waals surface area contributed by atoms with E-state index in [1.807, 2.05) is 13.8 Å². The highest BCUT2D eigenvalue weighted by Crippen LogP contribution is 2.34. The smallest absolute Gasteiger partial charge is 0.338 e. The van der Waals surface area contributed by atoms with Crippen molar-refractivity contribution in [3.8, 4) is 0 Å². The molecule has 204 valence electrons. The summed E-state index contributed by atoms with van der Waals surface area (Å²) in [5.41, 5.74) is 0.986. The maximum absolute atomic E-state index is 13.0. The summed E-state index contributed by atoms with van der Waals surface area (Å²) in [5.74, 6) is -2.11. The summed E-state index contributed by atoms with van der Waals surface area (Å²) in [6.07, 6.45) is -3.76. The van der Waals surface area contributed by atoms with Gasteiger partial charge in [0.2, 0.25) is 0 Å². The van der Waals surface area contributed by atoms with Gasteiger partial charge in [0.1, 0.15) is 12.7 Å². The van der Waals surface area contributed by atoms with E-state index in [0.29, 0.717) is 5.56 Å². The zero-order valence-electron chi connectivity index (χ0n) is 21.2. The fraction of sp³-hybridized carbons (Fsp3) is 0.296. The molecule has 3 aromatic rings. The molecule has 0 spiro atoms. The summed E-state index contributed by atoms with van der Waals surface area (Å²) in [7, 11) is 0. The normalized spacial score (nSPS) is 20.3. The number of ether oxygens (including phenoxy) is 4. The number of aromatic nitrogens is 2. The van der Waals surface area contributed by atoms with Crippen LogP contribution in [0, 0.1) is 17.4 Å². The molecule has 0 saturated carbocycles. The van der Waals surface area contributed by atoms with Gasteiger partial charge in [-0.15, -0.1) is 0 Å². The molecule has 12 heteroatoms. The van der Waals surface area contributed by atoms with Crippen LogP contribution in [0.1, 0.15) is 45.0 Å². The number of esters is 3. The highest BCUT2D eigenvalue weighted by Gasteiger charge is 2.51. The molecule has 2 heterocycles. The Bertz CT molecular complexity index is 1500. The lowest BCUT2D eigenvalue weighted by Gasteiger charge is -2.24. The van der Waals surface area contributed by atoms with Crippen molar-refractivity contribution < 1.29 is 33.3 Å². The number of nitrogens with zero attached hydrogens (tertiary/aromatic N) is 1. The molecule has 1 fully saturated rings. The van der Waals surface area contributed by atoms with Crippen LogP contribution in [-0.4, -0.2) is 52.4 Å². The Morgan fingerprint density at radius 1 is 0.897 bits per heavy atom. The molecule has 0 radical (unpaired) electrons. The monoisotopic (exact) mass is 648 g/mol. The van der Waals surface area contributed by atoms with Crippen LogP contribution in [0.3, 0.4) is 0 Å². The number of carbonyl (C=O) groups is 3. The van der Waals surface area contributed by atoms with Crippen molar-refractivity contribution in [2.24, 2.45) is 0 Å². The Balaban J connectivity index is 1.67. The van der Waals surface area contributed by atoms with Gasteiger partial charge in [-0.25, -0.2) is 14.4 Å². The van der Waals surface area contributed by atoms with Crippen molar-refractivity contribution in [3.05, 3.63) is 101 Å². The van der Waals surface area contributed by atoms with Gasteiger partial charge in [0, 0.05) is 13.1 Å². The lowest BCUT2D eigenvalue weighted by Crippen LogP contribution is -2.43. The fourth-order valence-electron chi connectivity index (χ4n) is 3.99. The molecule has 1 aliphatic heterocycles. The summed E-state index contributed by atoms with van der Waals surface area (Å²) in [6.45, 7) is 4.51. The van der Waals surface area contributed by atoms with Crippen LogP contribution in [-0.2, 0) is 23.7 Å². The lowest BCUT2D eigenvalue weighted by atomic mass is 10.1. The lowest BCUT2D eigenvalue weighted by molar-refractivity contribution is -0.156. The molecule has 39 heavy (non-hydrogen) atoms. The maximum atomic E-state index is 13.0. The summed E-state index contributed by atoms with van der Waals surface area (Å²) in [4.78, 5) is 64.5. The van der Waals surface area contributed by atoms with Crippen molar-refractivity contribution in [2.75, 3.05) is 6.61 Å². The number of benzene rings is 2. The summed E-state index contributed by atoms with van der Waals surface area (Å²) in [6, 6.07) is 13.3. The fourth-order valence-corrected chi connectivity index (χ4v) is 4.42. The number of aromatic amines is 1. The van der Waals surface area contributed by atoms with Crippen LogP contribution in [0.25, 0.3) is 0 Å². The van der Waals surface area contributed by atoms with Crippen LogP contribution in [0.2, 0.25) is 0 Å². The molecule has 4 atom stereocenters. The standard InChI is InChI=1S/C27H25IN2O9/c1-14-4-8-17(9-5-14)25(33)36-13-20-21(39-26(34)18-10-6-15(2)7-11-18)22(37-16(3)31)24(38-20)30-12-19(28)23(32)29-27(30)35/h4-12,20-22,24H,13H2,1-3H3,(H,29,32,35)/t20-,21-,22+,24-/m1/s1. The van der Waals surface area contributed by atoms with Gasteiger partial charge in [-0.3, -0.25) is 19.1 Å². The first-order valence-electron chi connectivity index (χ1n) is 11.9. The van der Waals surface area contributed by atoms with Crippen LogP contribution in [0.5, 0.6) is 0 Å². The number of carbonyl (C=O) groups excluding carboxylic acids is 3. The highest BCUT2D eigenvalue weighted by atomic mass is 127.